The minimum Gasteiger partial charge on any atom is -0.508 e. The average Bonchev–Trinajstić information content (AvgIpc) is 2.42. The molecule has 1 aromatic heterocycles. The van der Waals surface area contributed by atoms with Crippen molar-refractivity contribution in [3.63, 3.8) is 0 Å². The molecule has 0 spiro atoms. The largest absolute Gasteiger partial charge is 0.508 e. The van der Waals surface area contributed by atoms with Gasteiger partial charge in [0.15, 0.2) is 0 Å². The molecule has 2 N–H and O–H groups in total. The van der Waals surface area contributed by atoms with Crippen molar-refractivity contribution in [2.45, 2.75) is 6.04 Å². The number of aromatic nitrogens is 2. The van der Waals surface area contributed by atoms with Crippen molar-refractivity contribution >= 4 is 11.0 Å². The van der Waals surface area contributed by atoms with E-state index < -0.39 is 0 Å². The number of nitrogens with zero attached hydrogens (tertiary/aromatic N) is 2. The molecule has 0 aliphatic carbocycles. The van der Waals surface area contributed by atoms with Crippen molar-refractivity contribution in [2.75, 3.05) is 13.1 Å². The monoisotopic (exact) mass is 219 g/mol. The lowest BCUT2D eigenvalue weighted by Gasteiger charge is -2.28. The minimum absolute atomic E-state index is 0.0212. The maximum Gasteiger partial charge on any atom is 0.329 e. The van der Waals surface area contributed by atoms with E-state index in [1.54, 1.807) is 34.4 Å². The highest BCUT2D eigenvalue weighted by Gasteiger charge is 2.24. The predicted molar refractivity (Wildman–Crippen MR) is 60.8 cm³/mol. The molecule has 2 aromatic rings. The molecule has 0 bridgehead atoms. The zero-order valence-corrected chi connectivity index (χ0v) is 8.97. The van der Waals surface area contributed by atoms with Gasteiger partial charge >= 0.3 is 5.69 Å². The molecule has 1 aliphatic heterocycles. The van der Waals surface area contributed by atoms with Crippen molar-refractivity contribution < 1.29 is 5.11 Å². The van der Waals surface area contributed by atoms with E-state index in [2.05, 4.69) is 5.32 Å². The number of aryl methyl sites for hydroxylation is 1. The number of hydrogen-bond donors (Lipinski definition) is 2. The molecule has 1 saturated heterocycles. The second kappa shape index (κ2) is 3.12. The van der Waals surface area contributed by atoms with Crippen LogP contribution in [0.5, 0.6) is 5.75 Å². The minimum atomic E-state index is -0.0212. The van der Waals surface area contributed by atoms with Crippen LogP contribution >= 0.6 is 0 Å². The van der Waals surface area contributed by atoms with Gasteiger partial charge in [0.1, 0.15) is 5.75 Å². The van der Waals surface area contributed by atoms with Crippen LogP contribution in [0.2, 0.25) is 0 Å². The van der Waals surface area contributed by atoms with Crippen molar-refractivity contribution in [1.82, 2.24) is 14.5 Å². The Morgan fingerprint density at radius 3 is 2.75 bits per heavy atom. The molecule has 84 valence electrons. The van der Waals surface area contributed by atoms with Crippen LogP contribution in [0.25, 0.3) is 11.0 Å². The zero-order chi connectivity index (χ0) is 11.3. The molecule has 16 heavy (non-hydrogen) atoms. The van der Waals surface area contributed by atoms with Crippen LogP contribution in [0.3, 0.4) is 0 Å². The Bertz CT molecular complexity index is 607. The Hall–Kier alpha value is -1.75. The summed E-state index contributed by atoms with van der Waals surface area (Å²) in [6.07, 6.45) is 0. The number of benzene rings is 1. The van der Waals surface area contributed by atoms with Gasteiger partial charge in [-0.2, -0.15) is 0 Å². The van der Waals surface area contributed by atoms with E-state index in [1.165, 1.54) is 0 Å². The third-order valence-electron chi connectivity index (χ3n) is 3.20. The lowest BCUT2D eigenvalue weighted by atomic mass is 10.1. The summed E-state index contributed by atoms with van der Waals surface area (Å²) in [5, 5.41) is 12.6. The smallest absolute Gasteiger partial charge is 0.329 e. The molecule has 0 unspecified atom stereocenters. The van der Waals surface area contributed by atoms with Crippen LogP contribution in [0.1, 0.15) is 6.04 Å². The maximum atomic E-state index is 12.1. The van der Waals surface area contributed by atoms with Gasteiger partial charge in [0.2, 0.25) is 0 Å². The number of imidazole rings is 1. The van der Waals surface area contributed by atoms with Gasteiger partial charge in [-0.25, -0.2) is 4.79 Å². The molecule has 3 rings (SSSR count). The van der Waals surface area contributed by atoms with E-state index in [-0.39, 0.29) is 17.5 Å². The molecule has 0 atom stereocenters. The van der Waals surface area contributed by atoms with Gasteiger partial charge < -0.3 is 10.4 Å². The molecule has 2 heterocycles. The predicted octanol–water partition coefficient (Wildman–Crippen LogP) is 0.190. The van der Waals surface area contributed by atoms with Crippen LogP contribution in [-0.2, 0) is 7.05 Å². The van der Waals surface area contributed by atoms with Gasteiger partial charge in [-0.1, -0.05) is 0 Å². The van der Waals surface area contributed by atoms with Crippen molar-refractivity contribution in [3.8, 4) is 5.75 Å². The van der Waals surface area contributed by atoms with E-state index >= 15 is 0 Å². The Morgan fingerprint density at radius 1 is 1.38 bits per heavy atom. The van der Waals surface area contributed by atoms with E-state index in [4.69, 9.17) is 0 Å². The number of rotatable bonds is 1. The first-order valence-electron chi connectivity index (χ1n) is 5.29. The average molecular weight is 219 g/mol. The molecule has 1 aromatic carbocycles. The van der Waals surface area contributed by atoms with Crippen LogP contribution in [0, 0.1) is 0 Å². The topological polar surface area (TPSA) is 59.2 Å². The summed E-state index contributed by atoms with van der Waals surface area (Å²) in [5.74, 6) is 0.187. The van der Waals surface area contributed by atoms with Gasteiger partial charge in [0.25, 0.3) is 0 Å². The third kappa shape index (κ3) is 1.12. The highest BCUT2D eigenvalue weighted by Crippen LogP contribution is 2.22. The Morgan fingerprint density at radius 2 is 2.12 bits per heavy atom. The summed E-state index contributed by atoms with van der Waals surface area (Å²) < 4.78 is 3.37. The van der Waals surface area contributed by atoms with Crippen molar-refractivity contribution in [2.24, 2.45) is 7.05 Å². The summed E-state index contributed by atoms with van der Waals surface area (Å²) in [6, 6.07) is 5.27. The van der Waals surface area contributed by atoms with Crippen LogP contribution in [0.15, 0.2) is 23.0 Å². The molecular weight excluding hydrogens is 206 g/mol. The highest BCUT2D eigenvalue weighted by atomic mass is 16.3. The molecule has 0 radical (unpaired) electrons. The van der Waals surface area contributed by atoms with E-state index in [1.807, 2.05) is 0 Å². The van der Waals surface area contributed by atoms with E-state index in [0.29, 0.717) is 0 Å². The lowest BCUT2D eigenvalue weighted by molar-refractivity contribution is 0.341. The molecule has 5 heteroatoms. The summed E-state index contributed by atoms with van der Waals surface area (Å²) in [5.41, 5.74) is 1.64. The lowest BCUT2D eigenvalue weighted by Crippen LogP contribution is -2.46. The maximum absolute atomic E-state index is 12.1. The standard InChI is InChI=1S/C11H13N3O2/c1-13-10-4-8(15)2-3-9(10)14(11(13)16)7-5-12-6-7/h2-4,7,12,15H,5-6H2,1H3. The Labute approximate surface area is 91.9 Å². The third-order valence-corrected chi connectivity index (χ3v) is 3.20. The second-order valence-corrected chi connectivity index (χ2v) is 4.20. The fourth-order valence-electron chi connectivity index (χ4n) is 2.16. The molecular formula is C11H13N3O2. The second-order valence-electron chi connectivity index (χ2n) is 4.20. The van der Waals surface area contributed by atoms with Crippen molar-refractivity contribution in [3.05, 3.63) is 28.7 Å². The Kier molecular flexibility index (Phi) is 1.85. The molecule has 1 fully saturated rings. The summed E-state index contributed by atoms with van der Waals surface area (Å²) in [7, 11) is 1.73. The number of nitrogens with one attached hydrogen (secondary N) is 1. The van der Waals surface area contributed by atoms with Gasteiger partial charge in [0.05, 0.1) is 17.1 Å². The first kappa shape index (κ1) is 9.47. The van der Waals surface area contributed by atoms with Crippen LogP contribution in [0.4, 0.5) is 0 Å². The number of aromatic hydroxyl groups is 1. The number of phenolic OH excluding ortho intramolecular Hbond substituents is 1. The van der Waals surface area contributed by atoms with E-state index in [9.17, 15) is 9.90 Å². The fourth-order valence-corrected chi connectivity index (χ4v) is 2.16. The van der Waals surface area contributed by atoms with Crippen LogP contribution in [-0.4, -0.2) is 27.3 Å². The fraction of sp³-hybridized carbons (Fsp3) is 0.364. The number of fused-ring (bicyclic) bond motifs is 1. The SMILES string of the molecule is Cn1c(=O)n(C2CNC2)c2ccc(O)cc21. The van der Waals surface area contributed by atoms with Gasteiger partial charge in [-0.3, -0.25) is 9.13 Å². The zero-order valence-electron chi connectivity index (χ0n) is 8.97. The summed E-state index contributed by atoms with van der Waals surface area (Å²) in [4.78, 5) is 12.1. The number of hydrogen-bond acceptors (Lipinski definition) is 3. The van der Waals surface area contributed by atoms with Gasteiger partial charge in [0, 0.05) is 26.2 Å². The Balaban J connectivity index is 2.35. The normalized spacial score (nSPS) is 16.6. The van der Waals surface area contributed by atoms with Gasteiger partial charge in [-0.05, 0) is 12.1 Å². The molecule has 5 nitrogen and oxygen atoms in total. The van der Waals surface area contributed by atoms with Gasteiger partial charge in [-0.15, -0.1) is 0 Å². The van der Waals surface area contributed by atoms with Crippen molar-refractivity contribution in [1.29, 1.82) is 0 Å². The molecule has 0 saturated carbocycles. The number of phenols is 1. The molecule has 1 aliphatic rings. The van der Waals surface area contributed by atoms with E-state index in [0.717, 1.165) is 24.1 Å². The first-order chi connectivity index (χ1) is 7.68. The quantitative estimate of drug-likeness (QED) is 0.719. The molecule has 0 amide bonds. The van der Waals surface area contributed by atoms with Crippen LogP contribution < -0.4 is 11.0 Å². The highest BCUT2D eigenvalue weighted by molar-refractivity contribution is 5.78. The summed E-state index contributed by atoms with van der Waals surface area (Å²) in [6.45, 7) is 1.67. The summed E-state index contributed by atoms with van der Waals surface area (Å²) >= 11 is 0. The first-order valence-corrected chi connectivity index (χ1v) is 5.29.